The second-order valence-electron chi connectivity index (χ2n) is 6.03. The second kappa shape index (κ2) is 7.14. The van der Waals surface area contributed by atoms with Crippen LogP contribution in [0.15, 0.2) is 54.6 Å². The number of hydrogen-bond donors (Lipinski definition) is 2. The molecule has 1 aromatic heterocycles. The van der Waals surface area contributed by atoms with Crippen molar-refractivity contribution in [2.75, 3.05) is 10.6 Å². The summed E-state index contributed by atoms with van der Waals surface area (Å²) < 4.78 is 39.3. The van der Waals surface area contributed by atoms with Crippen molar-refractivity contribution in [2.24, 2.45) is 7.05 Å². The number of aromatic nitrogens is 2. The van der Waals surface area contributed by atoms with Gasteiger partial charge in [0, 0.05) is 18.8 Å². The van der Waals surface area contributed by atoms with Gasteiger partial charge in [-0.15, -0.1) is 0 Å². The molecular weight excluding hydrogens is 357 g/mol. The molecule has 1 heterocycles. The lowest BCUT2D eigenvalue weighted by molar-refractivity contribution is -0.141. The summed E-state index contributed by atoms with van der Waals surface area (Å²) in [6, 6.07) is 15.2. The molecule has 0 spiro atoms. The number of benzene rings is 2. The van der Waals surface area contributed by atoms with Crippen LogP contribution < -0.4 is 10.6 Å². The molecule has 3 aromatic rings. The minimum Gasteiger partial charge on any atom is -0.355 e. The quantitative estimate of drug-likeness (QED) is 0.693. The van der Waals surface area contributed by atoms with Gasteiger partial charge in [-0.3, -0.25) is 9.48 Å². The van der Waals surface area contributed by atoms with Crippen molar-refractivity contribution in [3.8, 4) is 0 Å². The highest BCUT2D eigenvalue weighted by Crippen LogP contribution is 2.30. The van der Waals surface area contributed by atoms with Crippen LogP contribution in [0.1, 0.15) is 21.6 Å². The van der Waals surface area contributed by atoms with Crippen LogP contribution in [-0.4, -0.2) is 15.7 Å². The first-order valence-corrected chi connectivity index (χ1v) is 8.09. The van der Waals surface area contributed by atoms with E-state index in [0.29, 0.717) is 11.3 Å². The monoisotopic (exact) mass is 374 g/mol. The topological polar surface area (TPSA) is 59.0 Å². The largest absolute Gasteiger partial charge is 0.435 e. The van der Waals surface area contributed by atoms with E-state index < -0.39 is 17.8 Å². The maximum Gasteiger partial charge on any atom is 0.435 e. The molecule has 27 heavy (non-hydrogen) atoms. The fourth-order valence-electron chi connectivity index (χ4n) is 2.49. The molecule has 0 saturated heterocycles. The van der Waals surface area contributed by atoms with E-state index >= 15 is 0 Å². The number of hydrogen-bond acceptors (Lipinski definition) is 3. The minimum absolute atomic E-state index is 0.0440. The predicted octanol–water partition coefficient (Wildman–Crippen LogP) is 4.74. The first-order valence-electron chi connectivity index (χ1n) is 8.09. The van der Waals surface area contributed by atoms with E-state index in [1.807, 2.05) is 31.2 Å². The Balaban J connectivity index is 1.83. The van der Waals surface area contributed by atoms with E-state index in [0.717, 1.165) is 22.0 Å². The molecule has 0 saturated carbocycles. The number of aryl methyl sites for hydroxylation is 2. The number of para-hydroxylation sites is 1. The summed E-state index contributed by atoms with van der Waals surface area (Å²) in [5.41, 5.74) is 1.67. The summed E-state index contributed by atoms with van der Waals surface area (Å²) >= 11 is 0. The number of alkyl halides is 3. The lowest BCUT2D eigenvalue weighted by Gasteiger charge is -2.12. The highest BCUT2D eigenvalue weighted by Gasteiger charge is 2.34. The average Bonchev–Trinajstić information content (AvgIpc) is 2.98. The number of carbonyl (C=O) groups is 1. The van der Waals surface area contributed by atoms with Crippen molar-refractivity contribution in [1.29, 1.82) is 0 Å². The van der Waals surface area contributed by atoms with Crippen molar-refractivity contribution in [1.82, 2.24) is 9.78 Å². The van der Waals surface area contributed by atoms with E-state index in [1.165, 1.54) is 7.05 Å². The molecule has 1 amide bonds. The third-order valence-electron chi connectivity index (χ3n) is 3.91. The summed E-state index contributed by atoms with van der Waals surface area (Å²) in [6.07, 6.45) is -4.58. The molecule has 5 nitrogen and oxygen atoms in total. The first-order chi connectivity index (χ1) is 12.7. The number of carbonyl (C=O) groups excluding carboxylic acids is 1. The van der Waals surface area contributed by atoms with Crippen molar-refractivity contribution >= 4 is 23.1 Å². The Bertz CT molecular complexity index is 962. The zero-order valence-corrected chi connectivity index (χ0v) is 14.6. The Morgan fingerprint density at radius 1 is 1.07 bits per heavy atom. The van der Waals surface area contributed by atoms with Gasteiger partial charge in [0.05, 0.1) is 11.3 Å². The average molecular weight is 374 g/mol. The number of halogens is 3. The molecule has 0 aliphatic heterocycles. The van der Waals surface area contributed by atoms with Crippen molar-refractivity contribution in [2.45, 2.75) is 13.1 Å². The number of amides is 1. The standard InChI is InChI=1S/C19H17F3N4O/c1-12-7-9-13(10-8-12)23-15-6-4-3-5-14(15)18(27)24-17-11-16(19(20,21)22)25-26(17)2/h3-11,23H,1-2H3,(H,24,27). The fourth-order valence-corrected chi connectivity index (χ4v) is 2.49. The molecule has 0 aliphatic carbocycles. The summed E-state index contributed by atoms with van der Waals surface area (Å²) in [6.45, 7) is 1.97. The van der Waals surface area contributed by atoms with E-state index in [9.17, 15) is 18.0 Å². The van der Waals surface area contributed by atoms with Crippen molar-refractivity contribution in [3.63, 3.8) is 0 Å². The van der Waals surface area contributed by atoms with Gasteiger partial charge < -0.3 is 10.6 Å². The third kappa shape index (κ3) is 4.28. The van der Waals surface area contributed by atoms with Gasteiger partial charge in [-0.2, -0.15) is 18.3 Å². The predicted molar refractivity (Wildman–Crippen MR) is 97.1 cm³/mol. The second-order valence-corrected chi connectivity index (χ2v) is 6.03. The number of anilines is 3. The van der Waals surface area contributed by atoms with Gasteiger partial charge in [-0.25, -0.2) is 0 Å². The van der Waals surface area contributed by atoms with Crippen LogP contribution >= 0.6 is 0 Å². The molecule has 0 radical (unpaired) electrons. The van der Waals surface area contributed by atoms with Gasteiger partial charge in [-0.05, 0) is 31.2 Å². The number of nitrogens with zero attached hydrogens (tertiary/aromatic N) is 2. The zero-order chi connectivity index (χ0) is 19.6. The van der Waals surface area contributed by atoms with Crippen LogP contribution in [0.2, 0.25) is 0 Å². The third-order valence-corrected chi connectivity index (χ3v) is 3.91. The summed E-state index contributed by atoms with van der Waals surface area (Å²) in [4.78, 5) is 12.6. The molecule has 0 fully saturated rings. The minimum atomic E-state index is -4.58. The van der Waals surface area contributed by atoms with Crippen molar-refractivity contribution in [3.05, 3.63) is 71.4 Å². The molecule has 0 unspecified atom stereocenters. The molecular formula is C19H17F3N4O. The Hall–Kier alpha value is -3.29. The van der Waals surface area contributed by atoms with Crippen LogP contribution in [0.4, 0.5) is 30.4 Å². The van der Waals surface area contributed by atoms with Crippen molar-refractivity contribution < 1.29 is 18.0 Å². The number of rotatable bonds is 4. The van der Waals surface area contributed by atoms with Gasteiger partial charge in [0.25, 0.3) is 5.91 Å². The highest BCUT2D eigenvalue weighted by molar-refractivity contribution is 6.08. The van der Waals surface area contributed by atoms with Crippen LogP contribution in [-0.2, 0) is 13.2 Å². The van der Waals surface area contributed by atoms with Gasteiger partial charge in [-0.1, -0.05) is 29.8 Å². The van der Waals surface area contributed by atoms with Crippen LogP contribution in [0.3, 0.4) is 0 Å². The lowest BCUT2D eigenvalue weighted by atomic mass is 10.1. The molecule has 2 aromatic carbocycles. The smallest absolute Gasteiger partial charge is 0.355 e. The molecule has 8 heteroatoms. The molecule has 0 aliphatic rings. The maximum atomic E-state index is 12.8. The normalized spacial score (nSPS) is 11.3. The van der Waals surface area contributed by atoms with E-state index in [-0.39, 0.29) is 5.82 Å². The summed E-state index contributed by atoms with van der Waals surface area (Å²) in [5, 5.41) is 9.01. The van der Waals surface area contributed by atoms with Crippen LogP contribution in [0, 0.1) is 6.92 Å². The summed E-state index contributed by atoms with van der Waals surface area (Å²) in [5.74, 6) is -0.584. The highest BCUT2D eigenvalue weighted by atomic mass is 19.4. The van der Waals surface area contributed by atoms with E-state index in [4.69, 9.17) is 0 Å². The fraction of sp³-hybridized carbons (Fsp3) is 0.158. The van der Waals surface area contributed by atoms with Gasteiger partial charge in [0.2, 0.25) is 0 Å². The maximum absolute atomic E-state index is 12.8. The lowest BCUT2D eigenvalue weighted by Crippen LogP contribution is -2.16. The number of nitrogens with one attached hydrogen (secondary N) is 2. The van der Waals surface area contributed by atoms with Gasteiger partial charge in [0.1, 0.15) is 5.82 Å². The Morgan fingerprint density at radius 2 is 1.74 bits per heavy atom. The molecule has 3 rings (SSSR count). The zero-order valence-electron chi connectivity index (χ0n) is 14.6. The van der Waals surface area contributed by atoms with E-state index in [1.54, 1.807) is 24.3 Å². The summed E-state index contributed by atoms with van der Waals surface area (Å²) in [7, 11) is 1.33. The van der Waals surface area contributed by atoms with Crippen LogP contribution in [0.5, 0.6) is 0 Å². The molecule has 2 N–H and O–H groups in total. The SMILES string of the molecule is Cc1ccc(Nc2ccccc2C(=O)Nc2cc(C(F)(F)F)nn2C)cc1. The molecule has 0 bridgehead atoms. The molecule has 0 atom stereocenters. The Kier molecular flexibility index (Phi) is 4.89. The Morgan fingerprint density at radius 3 is 2.37 bits per heavy atom. The molecule has 140 valence electrons. The van der Waals surface area contributed by atoms with E-state index in [2.05, 4.69) is 15.7 Å². The van der Waals surface area contributed by atoms with Crippen LogP contribution in [0.25, 0.3) is 0 Å². The first kappa shape index (κ1) is 18.5. The Labute approximate surface area is 153 Å². The van der Waals surface area contributed by atoms with Gasteiger partial charge >= 0.3 is 6.18 Å². The van der Waals surface area contributed by atoms with Gasteiger partial charge in [0.15, 0.2) is 5.69 Å².